The standard InChI is InChI=1S/C13H18BrNO4S2/c1-8-6-11(20-12(8)14)21(18,19)15-7-9-4-2-3-5-10(9)13(16)17/h6,9-10,15H,2-5,7H2,1H3,(H,16,17). The first-order valence-corrected chi connectivity index (χ1v) is 9.89. The molecule has 2 rings (SSSR count). The molecule has 5 nitrogen and oxygen atoms in total. The molecule has 0 aromatic carbocycles. The van der Waals surface area contributed by atoms with Crippen LogP contribution in [0.15, 0.2) is 14.1 Å². The lowest BCUT2D eigenvalue weighted by Crippen LogP contribution is -2.37. The van der Waals surface area contributed by atoms with Crippen molar-refractivity contribution in [2.45, 2.75) is 36.8 Å². The number of rotatable bonds is 5. The fourth-order valence-electron chi connectivity index (χ4n) is 2.63. The summed E-state index contributed by atoms with van der Waals surface area (Å²) < 4.78 is 28.1. The van der Waals surface area contributed by atoms with Gasteiger partial charge in [-0.2, -0.15) is 0 Å². The van der Waals surface area contributed by atoms with E-state index in [1.165, 1.54) is 0 Å². The number of hydrogen-bond acceptors (Lipinski definition) is 4. The number of carboxylic acids is 1. The smallest absolute Gasteiger partial charge is 0.306 e. The van der Waals surface area contributed by atoms with Crippen LogP contribution in [0.25, 0.3) is 0 Å². The SMILES string of the molecule is Cc1cc(S(=O)(=O)NCC2CCCCC2C(=O)O)sc1Br. The normalized spacial score (nSPS) is 23.1. The van der Waals surface area contributed by atoms with Crippen molar-refractivity contribution in [2.24, 2.45) is 11.8 Å². The molecule has 0 aliphatic heterocycles. The number of carbonyl (C=O) groups is 1. The van der Waals surface area contributed by atoms with E-state index in [2.05, 4.69) is 20.7 Å². The number of aryl methyl sites for hydroxylation is 1. The Morgan fingerprint density at radius 1 is 1.48 bits per heavy atom. The quantitative estimate of drug-likeness (QED) is 0.802. The van der Waals surface area contributed by atoms with Crippen LogP contribution >= 0.6 is 27.3 Å². The molecule has 2 atom stereocenters. The number of nitrogens with one attached hydrogen (secondary N) is 1. The lowest BCUT2D eigenvalue weighted by Gasteiger charge is -2.28. The maximum absolute atomic E-state index is 12.2. The van der Waals surface area contributed by atoms with Crippen LogP contribution < -0.4 is 4.72 Å². The third-order valence-electron chi connectivity index (χ3n) is 3.86. The molecule has 0 bridgehead atoms. The lowest BCUT2D eigenvalue weighted by atomic mass is 9.79. The molecule has 0 spiro atoms. The first-order valence-electron chi connectivity index (χ1n) is 6.79. The van der Waals surface area contributed by atoms with Crippen molar-refractivity contribution in [3.05, 3.63) is 15.4 Å². The van der Waals surface area contributed by atoms with Gasteiger partial charge < -0.3 is 5.11 Å². The van der Waals surface area contributed by atoms with Gasteiger partial charge in [0.25, 0.3) is 0 Å². The van der Waals surface area contributed by atoms with E-state index < -0.39 is 21.9 Å². The molecule has 8 heteroatoms. The molecule has 1 fully saturated rings. The minimum Gasteiger partial charge on any atom is -0.481 e. The third-order valence-corrected chi connectivity index (χ3v) is 7.90. The van der Waals surface area contributed by atoms with Crippen molar-refractivity contribution in [2.75, 3.05) is 6.54 Å². The van der Waals surface area contributed by atoms with Crippen LogP contribution in [0, 0.1) is 18.8 Å². The van der Waals surface area contributed by atoms with Crippen molar-refractivity contribution in [1.82, 2.24) is 4.72 Å². The highest BCUT2D eigenvalue weighted by atomic mass is 79.9. The number of aliphatic carboxylic acids is 1. The van der Waals surface area contributed by atoms with Gasteiger partial charge in [0, 0.05) is 6.54 Å². The lowest BCUT2D eigenvalue weighted by molar-refractivity contribution is -0.144. The summed E-state index contributed by atoms with van der Waals surface area (Å²) in [5.41, 5.74) is 0.876. The zero-order valence-electron chi connectivity index (χ0n) is 11.6. The van der Waals surface area contributed by atoms with Gasteiger partial charge in [-0.3, -0.25) is 4.79 Å². The Hall–Kier alpha value is -0.440. The van der Waals surface area contributed by atoms with E-state index in [0.29, 0.717) is 6.42 Å². The Morgan fingerprint density at radius 2 is 2.14 bits per heavy atom. The highest BCUT2D eigenvalue weighted by molar-refractivity contribution is 9.11. The monoisotopic (exact) mass is 395 g/mol. The van der Waals surface area contributed by atoms with Crippen LogP contribution in [0.5, 0.6) is 0 Å². The Labute approximate surface area is 136 Å². The minimum absolute atomic E-state index is 0.129. The van der Waals surface area contributed by atoms with Gasteiger partial charge in [0.15, 0.2) is 0 Å². The largest absolute Gasteiger partial charge is 0.481 e. The Morgan fingerprint density at radius 3 is 2.71 bits per heavy atom. The van der Waals surface area contributed by atoms with Crippen molar-refractivity contribution >= 4 is 43.3 Å². The molecular formula is C13H18BrNO4S2. The second-order valence-electron chi connectivity index (χ2n) is 5.36. The number of halogens is 1. The van der Waals surface area contributed by atoms with E-state index in [-0.39, 0.29) is 16.7 Å². The van der Waals surface area contributed by atoms with Crippen LogP contribution in [-0.2, 0) is 14.8 Å². The fourth-order valence-corrected chi connectivity index (χ4v) is 5.99. The van der Waals surface area contributed by atoms with E-state index in [1.54, 1.807) is 6.07 Å². The van der Waals surface area contributed by atoms with Crippen LogP contribution in [-0.4, -0.2) is 26.0 Å². The first-order chi connectivity index (χ1) is 9.81. The number of sulfonamides is 1. The highest BCUT2D eigenvalue weighted by Crippen LogP contribution is 2.32. The average Bonchev–Trinajstić information content (AvgIpc) is 2.77. The summed E-state index contributed by atoms with van der Waals surface area (Å²) in [6.45, 7) is 2.02. The minimum atomic E-state index is -3.56. The molecule has 0 radical (unpaired) electrons. The number of carboxylic acid groups (broad SMARTS) is 1. The molecule has 118 valence electrons. The van der Waals surface area contributed by atoms with E-state index in [4.69, 9.17) is 0 Å². The van der Waals surface area contributed by atoms with Crippen molar-refractivity contribution in [1.29, 1.82) is 0 Å². The second-order valence-corrected chi connectivity index (χ2v) is 9.73. The van der Waals surface area contributed by atoms with E-state index >= 15 is 0 Å². The predicted octanol–water partition coefficient (Wildman–Crippen LogP) is 2.99. The molecule has 21 heavy (non-hydrogen) atoms. The summed E-state index contributed by atoms with van der Waals surface area (Å²) in [6, 6.07) is 1.62. The number of thiophene rings is 1. The van der Waals surface area contributed by atoms with Gasteiger partial charge in [-0.05, 0) is 53.2 Å². The van der Waals surface area contributed by atoms with Gasteiger partial charge in [0.2, 0.25) is 10.0 Å². The zero-order chi connectivity index (χ0) is 15.6. The molecule has 1 aromatic heterocycles. The summed E-state index contributed by atoms with van der Waals surface area (Å²) in [4.78, 5) is 11.2. The zero-order valence-corrected chi connectivity index (χ0v) is 14.9. The highest BCUT2D eigenvalue weighted by Gasteiger charge is 2.31. The molecule has 0 amide bonds. The van der Waals surface area contributed by atoms with E-state index in [9.17, 15) is 18.3 Å². The summed E-state index contributed by atoms with van der Waals surface area (Å²) in [5.74, 6) is -1.40. The molecular weight excluding hydrogens is 378 g/mol. The molecule has 0 saturated heterocycles. The van der Waals surface area contributed by atoms with Gasteiger partial charge in [-0.15, -0.1) is 11.3 Å². The van der Waals surface area contributed by atoms with Crippen LogP contribution in [0.3, 0.4) is 0 Å². The summed E-state index contributed by atoms with van der Waals surface area (Å²) >= 11 is 4.48. The average molecular weight is 396 g/mol. The summed E-state index contributed by atoms with van der Waals surface area (Å²) in [6.07, 6.45) is 3.25. The van der Waals surface area contributed by atoms with Gasteiger partial charge in [-0.25, -0.2) is 13.1 Å². The van der Waals surface area contributed by atoms with Crippen LogP contribution in [0.1, 0.15) is 31.2 Å². The number of hydrogen-bond donors (Lipinski definition) is 2. The van der Waals surface area contributed by atoms with Gasteiger partial charge >= 0.3 is 5.97 Å². The molecule has 1 aliphatic carbocycles. The summed E-state index contributed by atoms with van der Waals surface area (Å²) in [5, 5.41) is 9.21. The topological polar surface area (TPSA) is 83.5 Å². The third kappa shape index (κ3) is 4.06. The molecule has 1 heterocycles. The molecule has 1 saturated carbocycles. The van der Waals surface area contributed by atoms with E-state index in [0.717, 1.165) is 39.9 Å². The second kappa shape index (κ2) is 6.76. The van der Waals surface area contributed by atoms with Crippen molar-refractivity contribution in [3.8, 4) is 0 Å². The predicted molar refractivity (Wildman–Crippen MR) is 85.0 cm³/mol. The molecule has 2 N–H and O–H groups in total. The van der Waals surface area contributed by atoms with Crippen LogP contribution in [0.2, 0.25) is 0 Å². The van der Waals surface area contributed by atoms with E-state index in [1.807, 2.05) is 6.92 Å². The molecule has 1 aromatic rings. The van der Waals surface area contributed by atoms with Crippen molar-refractivity contribution < 1.29 is 18.3 Å². The van der Waals surface area contributed by atoms with Gasteiger partial charge in [0.05, 0.1) is 9.70 Å². The molecule has 1 aliphatic rings. The fraction of sp³-hybridized carbons (Fsp3) is 0.615. The van der Waals surface area contributed by atoms with Crippen molar-refractivity contribution in [3.63, 3.8) is 0 Å². The Balaban J connectivity index is 2.05. The molecule has 2 unspecified atom stereocenters. The summed E-state index contributed by atoms with van der Waals surface area (Å²) in [7, 11) is -3.56. The maximum Gasteiger partial charge on any atom is 0.306 e. The van der Waals surface area contributed by atoms with Gasteiger partial charge in [-0.1, -0.05) is 12.8 Å². The van der Waals surface area contributed by atoms with Crippen LogP contribution in [0.4, 0.5) is 0 Å². The Kier molecular flexibility index (Phi) is 5.45. The Bertz CT molecular complexity index is 607. The maximum atomic E-state index is 12.2. The van der Waals surface area contributed by atoms with Gasteiger partial charge in [0.1, 0.15) is 4.21 Å². The first kappa shape index (κ1) is 16.9.